The molecule has 2 aromatic rings. The lowest BCUT2D eigenvalue weighted by Gasteiger charge is -2.07. The van der Waals surface area contributed by atoms with E-state index in [0.717, 1.165) is 6.07 Å². The zero-order valence-electron chi connectivity index (χ0n) is 10.1. The van der Waals surface area contributed by atoms with Crippen LogP contribution in [0.5, 0.6) is 5.75 Å². The summed E-state index contributed by atoms with van der Waals surface area (Å²) in [6.07, 6.45) is 0. The van der Waals surface area contributed by atoms with E-state index in [4.69, 9.17) is 9.92 Å². The summed E-state index contributed by atoms with van der Waals surface area (Å²) >= 11 is 0. The van der Waals surface area contributed by atoms with Gasteiger partial charge in [-0.15, -0.1) is 0 Å². The van der Waals surface area contributed by atoms with Gasteiger partial charge in [-0.1, -0.05) is 18.2 Å². The molecule has 0 unspecified atom stereocenters. The van der Waals surface area contributed by atoms with E-state index in [1.165, 1.54) is 24.3 Å². The number of nitrogens with two attached hydrogens (primary N) is 1. The third-order valence-electron chi connectivity index (χ3n) is 2.44. The van der Waals surface area contributed by atoms with Crippen LogP contribution >= 0.6 is 0 Å². The molecule has 0 saturated carbocycles. The number of anilines is 1. The molecule has 0 fully saturated rings. The van der Waals surface area contributed by atoms with Gasteiger partial charge in [0.2, 0.25) is 0 Å². The minimum Gasteiger partial charge on any atom is -0.393 e. The highest BCUT2D eigenvalue weighted by Crippen LogP contribution is 2.28. The largest absolute Gasteiger partial charge is 0.393 e. The second-order valence-corrected chi connectivity index (χ2v) is 5.37. The fourth-order valence-electron chi connectivity index (χ4n) is 1.50. The Morgan fingerprint density at radius 3 is 2.35 bits per heavy atom. The Balaban J connectivity index is 2.36. The molecule has 0 aliphatic rings. The van der Waals surface area contributed by atoms with Gasteiger partial charge in [0.25, 0.3) is 5.69 Å². The van der Waals surface area contributed by atoms with Gasteiger partial charge in [0.1, 0.15) is 16.3 Å². The van der Waals surface area contributed by atoms with Crippen LogP contribution < -0.4 is 9.92 Å². The molecule has 2 rings (SSSR count). The highest BCUT2D eigenvalue weighted by atomic mass is 32.2. The van der Waals surface area contributed by atoms with Crippen LogP contribution in [-0.4, -0.2) is 13.3 Å². The van der Waals surface area contributed by atoms with Crippen LogP contribution in [0.1, 0.15) is 0 Å². The minimum absolute atomic E-state index is 0.0421. The van der Waals surface area contributed by atoms with Crippen LogP contribution in [0.15, 0.2) is 53.4 Å². The summed E-state index contributed by atoms with van der Waals surface area (Å²) in [6, 6.07) is 10.9. The average Bonchev–Trinajstić information content (AvgIpc) is 2.41. The molecule has 7 nitrogen and oxygen atoms in total. The van der Waals surface area contributed by atoms with Crippen LogP contribution in [0.25, 0.3) is 0 Å². The van der Waals surface area contributed by atoms with Gasteiger partial charge in [-0.05, 0) is 24.3 Å². The summed E-state index contributed by atoms with van der Waals surface area (Å²) in [6.45, 7) is 0. The number of rotatable bonds is 4. The third-order valence-corrected chi connectivity index (χ3v) is 3.70. The predicted molar refractivity (Wildman–Crippen MR) is 71.8 cm³/mol. The molecule has 2 N–H and O–H groups in total. The monoisotopic (exact) mass is 294 g/mol. The Hall–Kier alpha value is -2.61. The first kappa shape index (κ1) is 13.8. The van der Waals surface area contributed by atoms with E-state index in [0.29, 0.717) is 0 Å². The number of benzene rings is 2. The number of nitrogens with zero attached hydrogens (tertiary/aromatic N) is 1. The van der Waals surface area contributed by atoms with Crippen molar-refractivity contribution in [3.05, 3.63) is 58.6 Å². The van der Waals surface area contributed by atoms with Crippen LogP contribution in [0.2, 0.25) is 0 Å². The Bertz CT molecular complexity index is 744. The lowest BCUT2D eigenvalue weighted by atomic mass is 10.2. The Morgan fingerprint density at radius 1 is 1.10 bits per heavy atom. The summed E-state index contributed by atoms with van der Waals surface area (Å²) in [7, 11) is -4.03. The average molecular weight is 294 g/mol. The van der Waals surface area contributed by atoms with E-state index in [1.54, 1.807) is 18.2 Å². The van der Waals surface area contributed by atoms with Crippen molar-refractivity contribution in [2.24, 2.45) is 0 Å². The van der Waals surface area contributed by atoms with E-state index >= 15 is 0 Å². The van der Waals surface area contributed by atoms with Crippen molar-refractivity contribution in [3.8, 4) is 5.75 Å². The second-order valence-electron chi connectivity index (χ2n) is 3.83. The molecule has 0 atom stereocenters. The molecule has 2 aromatic carbocycles. The Labute approximate surface area is 114 Å². The molecular weight excluding hydrogens is 284 g/mol. The number of nitro benzene ring substituents is 1. The maximum Gasteiger partial charge on any atom is 0.339 e. The molecule has 20 heavy (non-hydrogen) atoms. The van der Waals surface area contributed by atoms with Crippen LogP contribution in [0.4, 0.5) is 11.4 Å². The number of nitrogen functional groups attached to an aromatic ring is 1. The molecule has 0 bridgehead atoms. The molecule has 8 heteroatoms. The summed E-state index contributed by atoms with van der Waals surface area (Å²) in [5, 5.41) is 10.7. The third kappa shape index (κ3) is 2.86. The first-order valence-corrected chi connectivity index (χ1v) is 6.84. The second kappa shape index (κ2) is 5.17. The van der Waals surface area contributed by atoms with Crippen molar-refractivity contribution in [2.45, 2.75) is 4.90 Å². The van der Waals surface area contributed by atoms with Gasteiger partial charge < -0.3 is 9.92 Å². The minimum atomic E-state index is -4.03. The van der Waals surface area contributed by atoms with Crippen molar-refractivity contribution < 1.29 is 17.5 Å². The first-order valence-electron chi connectivity index (χ1n) is 5.43. The number of hydrogen-bond donors (Lipinski definition) is 1. The predicted octanol–water partition coefficient (Wildman–Crippen LogP) is 1.94. The Kier molecular flexibility index (Phi) is 3.57. The maximum atomic E-state index is 11.9. The van der Waals surface area contributed by atoms with E-state index in [-0.39, 0.29) is 16.3 Å². The molecule has 0 spiro atoms. The quantitative estimate of drug-likeness (QED) is 0.399. The topological polar surface area (TPSA) is 113 Å². The van der Waals surface area contributed by atoms with Crippen molar-refractivity contribution in [1.29, 1.82) is 0 Å². The van der Waals surface area contributed by atoms with Crippen molar-refractivity contribution in [2.75, 3.05) is 5.73 Å². The molecule has 0 heterocycles. The smallest absolute Gasteiger partial charge is 0.339 e. The van der Waals surface area contributed by atoms with Crippen LogP contribution in [0, 0.1) is 10.1 Å². The molecule has 0 aromatic heterocycles. The first-order chi connectivity index (χ1) is 9.40. The van der Waals surface area contributed by atoms with Crippen molar-refractivity contribution in [1.82, 2.24) is 0 Å². The lowest BCUT2D eigenvalue weighted by molar-refractivity contribution is -0.383. The van der Waals surface area contributed by atoms with Gasteiger partial charge in [0.05, 0.1) is 11.0 Å². The van der Waals surface area contributed by atoms with E-state index in [2.05, 4.69) is 0 Å². The van der Waals surface area contributed by atoms with Gasteiger partial charge in [-0.2, -0.15) is 8.42 Å². The van der Waals surface area contributed by atoms with E-state index in [1.807, 2.05) is 0 Å². The highest BCUT2D eigenvalue weighted by Gasteiger charge is 2.19. The zero-order valence-corrected chi connectivity index (χ0v) is 10.9. The van der Waals surface area contributed by atoms with Gasteiger partial charge >= 0.3 is 10.1 Å². The van der Waals surface area contributed by atoms with E-state index in [9.17, 15) is 18.5 Å². The SMILES string of the molecule is Nc1ccc(OS(=O)(=O)c2ccccc2)cc1[N+](=O)[O-]. The zero-order chi connectivity index (χ0) is 14.8. The fraction of sp³-hybridized carbons (Fsp3) is 0. The molecule has 0 aliphatic carbocycles. The number of hydrogen-bond acceptors (Lipinski definition) is 6. The molecule has 0 aliphatic heterocycles. The fourth-order valence-corrected chi connectivity index (χ4v) is 2.44. The van der Waals surface area contributed by atoms with E-state index < -0.39 is 20.7 Å². The molecule has 104 valence electrons. The Morgan fingerprint density at radius 2 is 1.75 bits per heavy atom. The van der Waals surface area contributed by atoms with Gasteiger partial charge in [-0.3, -0.25) is 10.1 Å². The molecule has 0 saturated heterocycles. The standard InChI is InChI=1S/C12H10N2O5S/c13-11-7-6-9(8-12(11)14(15)16)19-20(17,18)10-4-2-1-3-5-10/h1-8H,13H2. The summed E-state index contributed by atoms with van der Waals surface area (Å²) in [4.78, 5) is 9.98. The van der Waals surface area contributed by atoms with Crippen molar-refractivity contribution >= 4 is 21.5 Å². The maximum absolute atomic E-state index is 11.9. The van der Waals surface area contributed by atoms with Gasteiger partial charge in [-0.25, -0.2) is 0 Å². The van der Waals surface area contributed by atoms with Crippen LogP contribution in [-0.2, 0) is 10.1 Å². The molecule has 0 radical (unpaired) electrons. The van der Waals surface area contributed by atoms with Gasteiger partial charge in [0.15, 0.2) is 0 Å². The number of nitro groups is 1. The molecular formula is C12H10N2O5S. The normalized spacial score (nSPS) is 11.0. The lowest BCUT2D eigenvalue weighted by Crippen LogP contribution is -2.09. The van der Waals surface area contributed by atoms with Crippen molar-refractivity contribution in [3.63, 3.8) is 0 Å². The highest BCUT2D eigenvalue weighted by molar-refractivity contribution is 7.87. The van der Waals surface area contributed by atoms with Crippen LogP contribution in [0.3, 0.4) is 0 Å². The van der Waals surface area contributed by atoms with Gasteiger partial charge in [0, 0.05) is 0 Å². The summed E-state index contributed by atoms with van der Waals surface area (Å²) in [5.41, 5.74) is 4.94. The molecule has 0 amide bonds. The summed E-state index contributed by atoms with van der Waals surface area (Å²) < 4.78 is 28.7. The summed E-state index contributed by atoms with van der Waals surface area (Å²) in [5.74, 6) is -0.172.